The van der Waals surface area contributed by atoms with Gasteiger partial charge in [-0.3, -0.25) is 33.9 Å². The minimum atomic E-state index is -0.431. The number of hydrogen-bond acceptors (Lipinski definition) is 22. The van der Waals surface area contributed by atoms with Crippen molar-refractivity contribution >= 4 is 82.7 Å². The van der Waals surface area contributed by atoms with Gasteiger partial charge in [-0.05, 0) is 156 Å². The minimum absolute atomic E-state index is 0. The number of carbonyl (C=O) groups excluding carboxylic acids is 5. The topological polar surface area (TPSA) is 332 Å². The Morgan fingerprint density at radius 1 is 0.539 bits per heavy atom. The molecule has 4 unspecified atom stereocenters. The van der Waals surface area contributed by atoms with E-state index in [0.29, 0.717) is 97.4 Å². The number of phenolic OH excluding ortho intramolecular Hbond substituents is 1. The van der Waals surface area contributed by atoms with Crippen molar-refractivity contribution in [1.29, 1.82) is 0 Å². The summed E-state index contributed by atoms with van der Waals surface area (Å²) in [6.07, 6.45) is 21.9. The first-order chi connectivity index (χ1) is 47.9. The summed E-state index contributed by atoms with van der Waals surface area (Å²) in [4.78, 5) is 88.5. The van der Waals surface area contributed by atoms with Crippen LogP contribution < -0.4 is 177 Å². The molecule has 0 bridgehead atoms. The average Bonchev–Trinajstić information content (AvgIpc) is 1.45. The molecule has 10 heterocycles. The van der Waals surface area contributed by atoms with Crippen LogP contribution in [-0.4, -0.2) is 177 Å². The molecule has 3 radical (unpaired) electrons. The number of fused-ring (bicyclic) bond motifs is 2. The number of rotatable bonds is 9. The van der Waals surface area contributed by atoms with E-state index in [2.05, 4.69) is 67.4 Å². The maximum atomic E-state index is 13.3. The number of aromatic hydroxyl groups is 1. The van der Waals surface area contributed by atoms with Crippen molar-refractivity contribution in [3.63, 3.8) is 0 Å². The molecule has 30 heteroatoms. The number of aromatic amines is 2. The van der Waals surface area contributed by atoms with Gasteiger partial charge in [0, 0.05) is 145 Å². The number of H-pyrrole nitrogens is 2. The predicted octanol–water partition coefficient (Wildman–Crippen LogP) is 2.01. The van der Waals surface area contributed by atoms with Gasteiger partial charge in [-0.25, -0.2) is 19.9 Å². The molecule has 4 aromatic heterocycles. The minimum Gasteiger partial charge on any atom is -1.00 e. The smallest absolute Gasteiger partial charge is 1.00 e. The number of hydrogen-bond donors (Lipinski definition) is 4. The molecule has 6 aliphatic heterocycles. The first-order valence-electron chi connectivity index (χ1n) is 33.3. The normalized spacial score (nSPS) is 18.7. The Morgan fingerprint density at radius 2 is 0.961 bits per heavy atom. The average molecular weight is 1770 g/mol. The van der Waals surface area contributed by atoms with Gasteiger partial charge in [0.1, 0.15) is 28.8 Å². The predicted molar refractivity (Wildman–Crippen MR) is 376 cm³/mol. The summed E-state index contributed by atoms with van der Waals surface area (Å²) < 4.78 is 51.4. The molecule has 4 atom stereocenters. The van der Waals surface area contributed by atoms with E-state index in [9.17, 15) is 28.7 Å². The molecule has 0 saturated carbocycles. The van der Waals surface area contributed by atoms with Crippen LogP contribution in [0.25, 0.3) is 22.1 Å². The van der Waals surface area contributed by atoms with E-state index in [0.717, 1.165) is 155 Å². The Labute approximate surface area is 752 Å². The van der Waals surface area contributed by atoms with Crippen LogP contribution in [0, 0.1) is 5.95 Å². The van der Waals surface area contributed by atoms with E-state index in [4.69, 9.17) is 48.3 Å². The Hall–Kier alpha value is -2.76. The Kier molecular flexibility index (Phi) is 50.9. The van der Waals surface area contributed by atoms with Gasteiger partial charge in [0.2, 0.25) is 23.4 Å². The van der Waals surface area contributed by atoms with Crippen molar-refractivity contribution in [2.45, 2.75) is 131 Å². The van der Waals surface area contributed by atoms with E-state index < -0.39 is 5.95 Å². The van der Waals surface area contributed by atoms with Crippen molar-refractivity contribution in [3.8, 4) is 17.4 Å². The first-order valence-corrected chi connectivity index (χ1v) is 34.5. The Morgan fingerprint density at radius 3 is 1.48 bits per heavy atom. The van der Waals surface area contributed by atoms with E-state index in [-0.39, 0.29) is 220 Å². The number of benzene rings is 4. The zero-order valence-corrected chi connectivity index (χ0v) is 75.3. The standard InChI is InChI=1S/C24H22N4O3.C14H10N2O2.C10H13FN2O.C6H11IO.C6H12O2.C6H10O2.C5H8O2.CH2O3.B.2Cs.Na.2H/c29-22(23-27-19-5-1-2-6-20(19)28-23)17-7-9-18(10-8-17)31-24-21(25-12-13-26-24)16-4-3-14-30-15-11-16;17-10-7-5-9(6-8-10)13(18)14-15-11-3-1-2-4-12(11)16-14;11-10-9(12-4-5-13-10)8-2-1-6-14-7-3-8;3*7-6-2-1-4-8-5-3-6;6-5-1-3-7-4-2-5;2-1-4-3;;;;;;/h1-2,5-10,12-13,16H,3-4,11,14-15H2,(H,27,28);1-8,17H,(H,15,16);4-5,8H,1-3,6-7H2;6H,1-5H2;6-7H,1-5H2;1-5H2;1-4H2;1,3H;;;;;;/q;;;;;;;;;3*+1;2*-1/p-1. The molecule has 24 nitrogen and oxygen atoms in total. The number of Topliss-reactive ketones (excluding diaryl/α,β-unsaturated/α-hetero) is 2. The van der Waals surface area contributed by atoms with E-state index in [1.165, 1.54) is 37.6 Å². The van der Waals surface area contributed by atoms with Crippen LogP contribution in [0.4, 0.5) is 4.39 Å². The number of nitrogens with zero attached hydrogens (tertiary/aromatic N) is 6. The summed E-state index contributed by atoms with van der Waals surface area (Å²) in [6.45, 7) is 9.01. The number of nitrogens with one attached hydrogen (secondary N) is 2. The fraction of sp³-hybridized carbons (Fsp3) is 0.458. The van der Waals surface area contributed by atoms with Crippen molar-refractivity contribution < 1.29 is 252 Å². The number of aromatic nitrogens is 8. The molecule has 102 heavy (non-hydrogen) atoms. The fourth-order valence-electron chi connectivity index (χ4n) is 10.6. The molecule has 533 valence electrons. The van der Waals surface area contributed by atoms with Gasteiger partial charge in [0.25, 0.3) is 6.47 Å². The second kappa shape index (κ2) is 55.6. The molecule has 0 amide bonds. The largest absolute Gasteiger partial charge is 1.00 e. The maximum absolute atomic E-state index is 13.3. The summed E-state index contributed by atoms with van der Waals surface area (Å²) >= 11 is 2.50. The second-order valence-electron chi connectivity index (χ2n) is 23.2. The number of ketones is 4. The SMILES string of the molecule is Fc1nccnc1C1CCCOCC1.IC1CCCOCC1.O=C(c1ccc(O)cc1)c1nc2ccccc2[nH]1.O=C(c1ccc(Oc2nccnc2C2CCCOCC2)cc1)c1nc2ccccc2[nH]1.O=C1CCCOCC1.O=C1CCOCC1.O=CO[O-].OC1CCCOCC1.[B].[Cs+].[Cs+].[H-].[H-].[Na+]. The molecule has 14 rings (SSSR count). The van der Waals surface area contributed by atoms with Crippen LogP contribution in [0.2, 0.25) is 0 Å². The summed E-state index contributed by atoms with van der Waals surface area (Å²) in [5, 5.41) is 26.6. The van der Waals surface area contributed by atoms with Crippen LogP contribution >= 0.6 is 22.6 Å². The molecular formula is C72H89BCs2FIN8NaO16. The van der Waals surface area contributed by atoms with Gasteiger partial charge in [-0.1, -0.05) is 46.9 Å². The number of aliphatic hydroxyl groups excluding tert-OH is 1. The van der Waals surface area contributed by atoms with Gasteiger partial charge in [-0.2, -0.15) is 4.39 Å². The van der Waals surface area contributed by atoms with E-state index in [1.807, 2.05) is 48.5 Å². The van der Waals surface area contributed by atoms with Gasteiger partial charge >= 0.3 is 167 Å². The summed E-state index contributed by atoms with van der Waals surface area (Å²) in [5.74, 6) is 2.21. The molecule has 8 aromatic rings. The van der Waals surface area contributed by atoms with Crippen LogP contribution in [-0.2, 0) is 47.7 Å². The monoisotopic (exact) mass is 1770 g/mol. The molecule has 6 aliphatic rings. The van der Waals surface area contributed by atoms with Crippen LogP contribution in [0.15, 0.2) is 122 Å². The van der Waals surface area contributed by atoms with Crippen LogP contribution in [0.3, 0.4) is 0 Å². The zero-order valence-electron chi connectivity index (χ0n) is 60.6. The number of imidazole rings is 2. The Bertz CT molecular complexity index is 3550. The number of carbonyl (C=O) groups is 5. The quantitative estimate of drug-likeness (QED) is 0.0305. The van der Waals surface area contributed by atoms with Crippen molar-refractivity contribution in [1.82, 2.24) is 39.9 Å². The molecule has 6 fully saturated rings. The maximum Gasteiger partial charge on any atom is 1.00 e. The van der Waals surface area contributed by atoms with Gasteiger partial charge in [-0.15, -0.1) is 0 Å². The van der Waals surface area contributed by atoms with Crippen LogP contribution in [0.5, 0.6) is 17.4 Å². The molecule has 4 N–H and O–H groups in total. The van der Waals surface area contributed by atoms with Crippen molar-refractivity contribution in [3.05, 3.63) is 162 Å². The number of phenols is 1. The first kappa shape index (κ1) is 93.4. The number of ether oxygens (including phenoxy) is 7. The zero-order chi connectivity index (χ0) is 69.4. The van der Waals surface area contributed by atoms with E-state index in [1.54, 1.807) is 55.0 Å². The molecule has 0 spiro atoms. The van der Waals surface area contributed by atoms with Gasteiger partial charge in [0.15, 0.2) is 11.6 Å². The fourth-order valence-corrected chi connectivity index (χ4v) is 11.3. The van der Waals surface area contributed by atoms with Gasteiger partial charge < -0.3 is 66.3 Å². The van der Waals surface area contributed by atoms with Crippen molar-refractivity contribution in [2.24, 2.45) is 0 Å². The van der Waals surface area contributed by atoms with E-state index >= 15 is 0 Å². The molecule has 4 aromatic carbocycles. The molecular weight excluding hydrogens is 1680 g/mol. The number of alkyl halides is 1. The number of para-hydroxylation sites is 4. The van der Waals surface area contributed by atoms with Crippen LogP contribution in [0.1, 0.15) is 168 Å². The third-order valence-corrected chi connectivity index (χ3v) is 17.1. The van der Waals surface area contributed by atoms with Gasteiger partial charge in [0.05, 0.1) is 53.7 Å². The summed E-state index contributed by atoms with van der Waals surface area (Å²) in [6, 6.07) is 28.2. The van der Waals surface area contributed by atoms with Crippen molar-refractivity contribution in [2.75, 3.05) is 79.3 Å². The molecule has 6 saturated heterocycles. The third kappa shape index (κ3) is 35.5. The molecule has 0 aliphatic carbocycles. The summed E-state index contributed by atoms with van der Waals surface area (Å²) in [5.41, 5.74) is 5.58. The summed E-state index contributed by atoms with van der Waals surface area (Å²) in [7, 11) is 0. The Balaban J connectivity index is 0.000000640. The number of halogens is 2. The second-order valence-corrected chi connectivity index (χ2v) is 24.9. The third-order valence-electron chi connectivity index (χ3n) is 15.9. The number of aliphatic hydroxyl groups is 1.